The molecule has 22 heavy (non-hydrogen) atoms. The number of anilines is 1. The van der Waals surface area contributed by atoms with Gasteiger partial charge in [0.25, 0.3) is 0 Å². The Hall–Kier alpha value is -2.41. The molecule has 2 amide bonds. The highest BCUT2D eigenvalue weighted by molar-refractivity contribution is 5.88. The second kappa shape index (κ2) is 7.56. The summed E-state index contributed by atoms with van der Waals surface area (Å²) in [5, 5.41) is 6.53. The van der Waals surface area contributed by atoms with E-state index in [0.717, 1.165) is 12.1 Å². The van der Waals surface area contributed by atoms with Crippen LogP contribution in [0.25, 0.3) is 0 Å². The molecule has 0 aliphatic rings. The Labute approximate surface area is 129 Å². The number of aryl methyl sites for hydroxylation is 1. The molecule has 0 fully saturated rings. The Balaban J connectivity index is 2.03. The number of likely N-dealkylation sites (N-methyl/N-ethyl adjacent to an activating group) is 1. The van der Waals surface area contributed by atoms with Gasteiger partial charge in [-0.15, -0.1) is 0 Å². The summed E-state index contributed by atoms with van der Waals surface area (Å²) in [7, 11) is 3.95. The van der Waals surface area contributed by atoms with Gasteiger partial charge in [0.15, 0.2) is 5.82 Å². The predicted molar refractivity (Wildman–Crippen MR) is 83.5 cm³/mol. The van der Waals surface area contributed by atoms with E-state index in [0.29, 0.717) is 24.7 Å². The van der Waals surface area contributed by atoms with Crippen molar-refractivity contribution in [3.05, 3.63) is 41.9 Å². The lowest BCUT2D eigenvalue weighted by Crippen LogP contribution is -2.39. The van der Waals surface area contributed by atoms with E-state index < -0.39 is 0 Å². The molecular formula is C15H21N5O2. The molecule has 0 saturated carbocycles. The molecular weight excluding hydrogens is 282 g/mol. The van der Waals surface area contributed by atoms with Gasteiger partial charge in [-0.25, -0.2) is 4.79 Å². The molecule has 1 N–H and O–H groups in total. The number of urea groups is 1. The van der Waals surface area contributed by atoms with Crippen LogP contribution >= 0.6 is 0 Å². The molecule has 0 aliphatic heterocycles. The van der Waals surface area contributed by atoms with Crippen LogP contribution < -0.4 is 5.32 Å². The Morgan fingerprint density at radius 3 is 2.77 bits per heavy atom. The maximum absolute atomic E-state index is 12.4. The van der Waals surface area contributed by atoms with Gasteiger partial charge in [0.2, 0.25) is 0 Å². The summed E-state index contributed by atoms with van der Waals surface area (Å²) in [5.74, 6) is 1.07. The van der Waals surface area contributed by atoms with Crippen LogP contribution in [-0.4, -0.2) is 53.2 Å². The third-order valence-corrected chi connectivity index (χ3v) is 3.06. The predicted octanol–water partition coefficient (Wildman–Crippen LogP) is 1.97. The Morgan fingerprint density at radius 1 is 1.36 bits per heavy atom. The molecule has 2 aromatic rings. The first-order valence-corrected chi connectivity index (χ1v) is 7.07. The average molecular weight is 303 g/mol. The molecule has 0 aliphatic carbocycles. The van der Waals surface area contributed by atoms with Gasteiger partial charge in [0.1, 0.15) is 5.76 Å². The molecule has 118 valence electrons. The van der Waals surface area contributed by atoms with E-state index in [1.54, 1.807) is 30.3 Å². The Kier molecular flexibility index (Phi) is 5.48. The van der Waals surface area contributed by atoms with Crippen molar-refractivity contribution in [2.75, 3.05) is 32.5 Å². The summed E-state index contributed by atoms with van der Waals surface area (Å²) < 4.78 is 4.96. The normalized spacial score (nSPS) is 10.7. The van der Waals surface area contributed by atoms with Crippen LogP contribution in [0.15, 0.2) is 35.1 Å². The van der Waals surface area contributed by atoms with Crippen molar-refractivity contribution < 1.29 is 9.32 Å². The fourth-order valence-electron chi connectivity index (χ4n) is 1.90. The number of nitrogens with zero attached hydrogens (tertiary/aromatic N) is 4. The SMILES string of the molecule is Cc1cc(NC(=O)N(CCN(C)C)Cc2cccnc2)no1. The molecule has 7 nitrogen and oxygen atoms in total. The largest absolute Gasteiger partial charge is 0.360 e. The van der Waals surface area contributed by atoms with Crippen LogP contribution in [-0.2, 0) is 6.54 Å². The van der Waals surface area contributed by atoms with Crippen LogP contribution in [0.5, 0.6) is 0 Å². The lowest BCUT2D eigenvalue weighted by atomic mass is 10.2. The summed E-state index contributed by atoms with van der Waals surface area (Å²) in [4.78, 5) is 20.3. The Morgan fingerprint density at radius 2 is 2.18 bits per heavy atom. The smallest absolute Gasteiger partial charge is 0.323 e. The summed E-state index contributed by atoms with van der Waals surface area (Å²) in [6.07, 6.45) is 3.47. The zero-order valence-electron chi connectivity index (χ0n) is 13.1. The van der Waals surface area contributed by atoms with Crippen molar-refractivity contribution in [3.8, 4) is 0 Å². The van der Waals surface area contributed by atoms with Gasteiger partial charge in [-0.3, -0.25) is 10.3 Å². The topological polar surface area (TPSA) is 74.5 Å². The molecule has 0 unspecified atom stereocenters. The summed E-state index contributed by atoms with van der Waals surface area (Å²) in [6.45, 7) is 3.64. The number of nitrogens with one attached hydrogen (secondary N) is 1. The highest BCUT2D eigenvalue weighted by Crippen LogP contribution is 2.10. The van der Waals surface area contributed by atoms with Gasteiger partial charge < -0.3 is 14.3 Å². The number of pyridine rings is 1. The maximum Gasteiger partial charge on any atom is 0.323 e. The lowest BCUT2D eigenvalue weighted by Gasteiger charge is -2.24. The summed E-state index contributed by atoms with van der Waals surface area (Å²) >= 11 is 0. The highest BCUT2D eigenvalue weighted by atomic mass is 16.5. The zero-order chi connectivity index (χ0) is 15.9. The standard InChI is InChI=1S/C15H21N5O2/c1-12-9-14(18-22-12)17-15(21)20(8-7-19(2)3)11-13-5-4-6-16-10-13/h4-6,9-10H,7-8,11H2,1-3H3,(H,17,18,21). The van der Waals surface area contributed by atoms with Gasteiger partial charge in [-0.1, -0.05) is 11.2 Å². The third kappa shape index (κ3) is 4.85. The molecule has 0 radical (unpaired) electrons. The number of carbonyl (C=O) groups excluding carboxylic acids is 1. The van der Waals surface area contributed by atoms with Crippen LogP contribution in [0.1, 0.15) is 11.3 Å². The number of rotatable bonds is 6. The van der Waals surface area contributed by atoms with Crippen molar-refractivity contribution in [1.29, 1.82) is 0 Å². The van der Waals surface area contributed by atoms with Crippen molar-refractivity contribution in [3.63, 3.8) is 0 Å². The van der Waals surface area contributed by atoms with Gasteiger partial charge in [0, 0.05) is 38.1 Å². The van der Waals surface area contributed by atoms with E-state index >= 15 is 0 Å². The highest BCUT2D eigenvalue weighted by Gasteiger charge is 2.16. The van der Waals surface area contributed by atoms with Gasteiger partial charge >= 0.3 is 6.03 Å². The number of carbonyl (C=O) groups is 1. The minimum absolute atomic E-state index is 0.209. The maximum atomic E-state index is 12.4. The molecule has 0 atom stereocenters. The number of hydrogen-bond acceptors (Lipinski definition) is 5. The molecule has 7 heteroatoms. The number of amides is 2. The fraction of sp³-hybridized carbons (Fsp3) is 0.400. The molecule has 2 rings (SSSR count). The van der Waals surface area contributed by atoms with E-state index in [1.807, 2.05) is 31.1 Å². The fourth-order valence-corrected chi connectivity index (χ4v) is 1.90. The van der Waals surface area contributed by atoms with Gasteiger partial charge in [-0.2, -0.15) is 0 Å². The van der Waals surface area contributed by atoms with E-state index in [1.165, 1.54) is 0 Å². The van der Waals surface area contributed by atoms with Crippen molar-refractivity contribution in [1.82, 2.24) is 19.9 Å². The quantitative estimate of drug-likeness (QED) is 0.883. The summed E-state index contributed by atoms with van der Waals surface area (Å²) in [6, 6.07) is 5.28. The molecule has 0 bridgehead atoms. The van der Waals surface area contributed by atoms with E-state index in [-0.39, 0.29) is 6.03 Å². The van der Waals surface area contributed by atoms with Crippen LogP contribution in [0.3, 0.4) is 0 Å². The lowest BCUT2D eigenvalue weighted by molar-refractivity contribution is 0.202. The van der Waals surface area contributed by atoms with Gasteiger partial charge in [-0.05, 0) is 32.6 Å². The van der Waals surface area contributed by atoms with Crippen molar-refractivity contribution >= 4 is 11.8 Å². The first-order valence-electron chi connectivity index (χ1n) is 7.07. The van der Waals surface area contributed by atoms with Crippen LogP contribution in [0.2, 0.25) is 0 Å². The minimum Gasteiger partial charge on any atom is -0.360 e. The Bertz CT molecular complexity index is 597. The molecule has 2 heterocycles. The van der Waals surface area contributed by atoms with E-state index in [9.17, 15) is 4.79 Å². The van der Waals surface area contributed by atoms with Crippen molar-refractivity contribution in [2.24, 2.45) is 0 Å². The van der Waals surface area contributed by atoms with E-state index in [2.05, 4.69) is 15.5 Å². The zero-order valence-corrected chi connectivity index (χ0v) is 13.1. The third-order valence-electron chi connectivity index (χ3n) is 3.06. The van der Waals surface area contributed by atoms with Crippen LogP contribution in [0.4, 0.5) is 10.6 Å². The second-order valence-corrected chi connectivity index (χ2v) is 5.34. The molecule has 0 saturated heterocycles. The summed E-state index contributed by atoms with van der Waals surface area (Å²) in [5.41, 5.74) is 0.979. The second-order valence-electron chi connectivity index (χ2n) is 5.34. The first-order chi connectivity index (χ1) is 10.5. The minimum atomic E-state index is -0.209. The molecule has 0 aromatic carbocycles. The van der Waals surface area contributed by atoms with Crippen LogP contribution in [0, 0.1) is 6.92 Å². The number of hydrogen-bond donors (Lipinski definition) is 1. The van der Waals surface area contributed by atoms with Crippen molar-refractivity contribution in [2.45, 2.75) is 13.5 Å². The first kappa shape index (κ1) is 16.0. The molecule has 0 spiro atoms. The van der Waals surface area contributed by atoms with E-state index in [4.69, 9.17) is 4.52 Å². The number of aromatic nitrogens is 2. The average Bonchev–Trinajstić information content (AvgIpc) is 2.89. The van der Waals surface area contributed by atoms with Gasteiger partial charge in [0.05, 0.1) is 0 Å². The monoisotopic (exact) mass is 303 g/mol. The molecule has 2 aromatic heterocycles.